The third kappa shape index (κ3) is 4.71. The molecule has 8 aromatic rings. The summed E-state index contributed by atoms with van der Waals surface area (Å²) in [5, 5.41) is 4.93. The van der Waals surface area contributed by atoms with Gasteiger partial charge in [0.15, 0.2) is 17.5 Å². The first kappa shape index (κ1) is 25.8. The molecule has 1 aromatic heterocycles. The predicted molar refractivity (Wildman–Crippen MR) is 182 cm³/mol. The zero-order chi connectivity index (χ0) is 29.3. The minimum Gasteiger partial charge on any atom is -0.208 e. The molecular formula is C41H27N3. The summed E-state index contributed by atoms with van der Waals surface area (Å²) >= 11 is 0. The fourth-order valence-electron chi connectivity index (χ4n) is 5.98. The van der Waals surface area contributed by atoms with E-state index in [0.29, 0.717) is 17.5 Å². The van der Waals surface area contributed by atoms with Crippen molar-refractivity contribution in [2.75, 3.05) is 0 Å². The first-order chi connectivity index (χ1) is 21.8. The van der Waals surface area contributed by atoms with E-state index in [0.717, 1.165) is 38.9 Å². The number of hydrogen-bond donors (Lipinski definition) is 0. The van der Waals surface area contributed by atoms with Gasteiger partial charge in [-0.2, -0.15) is 0 Å². The Balaban J connectivity index is 1.35. The molecule has 0 unspecified atom stereocenters. The fourth-order valence-corrected chi connectivity index (χ4v) is 5.98. The summed E-state index contributed by atoms with van der Waals surface area (Å²) in [4.78, 5) is 15.3. The van der Waals surface area contributed by atoms with Gasteiger partial charge in [-0.15, -0.1) is 0 Å². The van der Waals surface area contributed by atoms with Crippen molar-refractivity contribution in [1.82, 2.24) is 15.0 Å². The zero-order valence-corrected chi connectivity index (χ0v) is 23.9. The molecule has 0 atom stereocenters. The molecule has 3 nitrogen and oxygen atoms in total. The van der Waals surface area contributed by atoms with E-state index in [1.54, 1.807) is 0 Å². The Morgan fingerprint density at radius 1 is 0.273 bits per heavy atom. The van der Waals surface area contributed by atoms with Crippen LogP contribution in [-0.4, -0.2) is 15.0 Å². The van der Waals surface area contributed by atoms with Gasteiger partial charge in [0, 0.05) is 16.7 Å². The number of hydrogen-bond acceptors (Lipinski definition) is 3. The molecule has 1 heterocycles. The monoisotopic (exact) mass is 561 g/mol. The van der Waals surface area contributed by atoms with Crippen LogP contribution >= 0.6 is 0 Å². The van der Waals surface area contributed by atoms with Crippen LogP contribution in [0.2, 0.25) is 0 Å². The van der Waals surface area contributed by atoms with Crippen molar-refractivity contribution < 1.29 is 0 Å². The predicted octanol–water partition coefficient (Wildman–Crippen LogP) is 10.5. The molecule has 3 heteroatoms. The van der Waals surface area contributed by atoms with Crippen molar-refractivity contribution in [3.63, 3.8) is 0 Å². The molecule has 7 aromatic carbocycles. The van der Waals surface area contributed by atoms with Crippen molar-refractivity contribution in [3.8, 4) is 56.4 Å². The maximum absolute atomic E-state index is 5.16. The van der Waals surface area contributed by atoms with E-state index in [1.807, 2.05) is 42.5 Å². The van der Waals surface area contributed by atoms with Crippen LogP contribution < -0.4 is 0 Å². The van der Waals surface area contributed by atoms with Gasteiger partial charge in [0.05, 0.1) is 0 Å². The summed E-state index contributed by atoms with van der Waals surface area (Å²) in [6.07, 6.45) is 0. The molecule has 0 radical (unpaired) electrons. The molecule has 44 heavy (non-hydrogen) atoms. The number of fused-ring (bicyclic) bond motifs is 3. The van der Waals surface area contributed by atoms with Crippen molar-refractivity contribution in [2.45, 2.75) is 0 Å². The highest BCUT2D eigenvalue weighted by Gasteiger charge is 2.18. The molecule has 0 fully saturated rings. The summed E-state index contributed by atoms with van der Waals surface area (Å²) in [7, 11) is 0. The molecule has 206 valence electrons. The second-order valence-electron chi connectivity index (χ2n) is 10.9. The van der Waals surface area contributed by atoms with E-state index in [9.17, 15) is 0 Å². The van der Waals surface area contributed by atoms with Gasteiger partial charge >= 0.3 is 0 Å². The van der Waals surface area contributed by atoms with Gasteiger partial charge in [-0.05, 0) is 49.9 Å². The fraction of sp³-hybridized carbons (Fsp3) is 0. The maximum atomic E-state index is 5.16. The van der Waals surface area contributed by atoms with Crippen LogP contribution in [0.25, 0.3) is 78.0 Å². The lowest BCUT2D eigenvalue weighted by molar-refractivity contribution is 1.07. The van der Waals surface area contributed by atoms with Crippen LogP contribution in [0.5, 0.6) is 0 Å². The van der Waals surface area contributed by atoms with E-state index >= 15 is 0 Å². The molecule has 8 rings (SSSR count). The summed E-state index contributed by atoms with van der Waals surface area (Å²) in [6, 6.07) is 56.9. The Labute approximate surface area is 256 Å². The van der Waals surface area contributed by atoms with E-state index < -0.39 is 0 Å². The lowest BCUT2D eigenvalue weighted by atomic mass is 9.94. The summed E-state index contributed by atoms with van der Waals surface area (Å²) in [6.45, 7) is 0. The summed E-state index contributed by atoms with van der Waals surface area (Å²) in [5.74, 6) is 1.94. The van der Waals surface area contributed by atoms with Crippen molar-refractivity contribution in [3.05, 3.63) is 164 Å². The number of aromatic nitrogens is 3. The Morgan fingerprint density at radius 3 is 1.39 bits per heavy atom. The molecule has 0 N–H and O–H groups in total. The lowest BCUT2D eigenvalue weighted by Gasteiger charge is -2.14. The Hall–Kier alpha value is -5.93. The summed E-state index contributed by atoms with van der Waals surface area (Å²) < 4.78 is 0. The maximum Gasteiger partial charge on any atom is 0.164 e. The van der Waals surface area contributed by atoms with Crippen LogP contribution in [0.15, 0.2) is 164 Å². The normalized spacial score (nSPS) is 11.2. The number of rotatable bonds is 5. The average molecular weight is 562 g/mol. The largest absolute Gasteiger partial charge is 0.208 e. The zero-order valence-electron chi connectivity index (χ0n) is 23.9. The van der Waals surface area contributed by atoms with Crippen molar-refractivity contribution >= 4 is 21.5 Å². The lowest BCUT2D eigenvalue weighted by Crippen LogP contribution is -2.02. The molecule has 0 saturated heterocycles. The minimum absolute atomic E-state index is 0.644. The molecule has 0 bridgehead atoms. The highest BCUT2D eigenvalue weighted by molar-refractivity contribution is 6.09. The van der Waals surface area contributed by atoms with Gasteiger partial charge in [-0.3, -0.25) is 0 Å². The van der Waals surface area contributed by atoms with Gasteiger partial charge in [-0.1, -0.05) is 158 Å². The smallest absolute Gasteiger partial charge is 0.164 e. The van der Waals surface area contributed by atoms with Crippen LogP contribution in [-0.2, 0) is 0 Å². The van der Waals surface area contributed by atoms with Gasteiger partial charge in [0.1, 0.15) is 0 Å². The van der Waals surface area contributed by atoms with E-state index in [-0.39, 0.29) is 0 Å². The Kier molecular flexibility index (Phi) is 6.47. The van der Waals surface area contributed by atoms with Crippen LogP contribution in [0.3, 0.4) is 0 Å². The van der Waals surface area contributed by atoms with Crippen LogP contribution in [0.4, 0.5) is 0 Å². The minimum atomic E-state index is 0.644. The number of benzene rings is 7. The molecule has 0 spiro atoms. The molecule has 0 saturated carbocycles. The topological polar surface area (TPSA) is 38.7 Å². The SMILES string of the molecule is c1ccc(-c2nc(-c3ccccc3-c3ccccc3)nc(-c3ccccc3-c3ccc4ccc5ccccc5c4c3)n2)cc1. The Morgan fingerprint density at radius 2 is 0.727 bits per heavy atom. The van der Waals surface area contributed by atoms with Gasteiger partial charge in [-0.25, -0.2) is 15.0 Å². The third-order valence-electron chi connectivity index (χ3n) is 8.15. The molecule has 0 aliphatic heterocycles. The molecule has 0 aliphatic rings. The Bertz CT molecular complexity index is 2270. The molecule has 0 amide bonds. The van der Waals surface area contributed by atoms with Crippen LogP contribution in [0, 0.1) is 0 Å². The second-order valence-corrected chi connectivity index (χ2v) is 10.9. The quantitative estimate of drug-likeness (QED) is 0.196. The van der Waals surface area contributed by atoms with E-state index in [4.69, 9.17) is 15.0 Å². The van der Waals surface area contributed by atoms with Crippen LogP contribution in [0.1, 0.15) is 0 Å². The van der Waals surface area contributed by atoms with E-state index in [2.05, 4.69) is 121 Å². The molecule has 0 aliphatic carbocycles. The standard InChI is InChI=1S/C41H27N3/c1-3-13-28(14-4-1)33-18-9-11-21-36(33)40-42-39(31-16-5-2-6-17-31)43-41(44-40)37-22-12-10-20-35(37)32-26-25-30-24-23-29-15-7-8-19-34(29)38(30)27-32/h1-27H. The van der Waals surface area contributed by atoms with E-state index in [1.165, 1.54) is 21.5 Å². The van der Waals surface area contributed by atoms with Crippen molar-refractivity contribution in [1.29, 1.82) is 0 Å². The highest BCUT2D eigenvalue weighted by Crippen LogP contribution is 2.37. The summed E-state index contributed by atoms with van der Waals surface area (Å²) in [5.41, 5.74) is 7.28. The second kappa shape index (κ2) is 11.0. The third-order valence-corrected chi connectivity index (χ3v) is 8.15. The number of nitrogens with zero attached hydrogens (tertiary/aromatic N) is 3. The van der Waals surface area contributed by atoms with Gasteiger partial charge in [0.2, 0.25) is 0 Å². The molecular weight excluding hydrogens is 534 g/mol. The van der Waals surface area contributed by atoms with Crippen molar-refractivity contribution in [2.24, 2.45) is 0 Å². The van der Waals surface area contributed by atoms with Gasteiger partial charge in [0.25, 0.3) is 0 Å². The van der Waals surface area contributed by atoms with Gasteiger partial charge < -0.3 is 0 Å². The first-order valence-corrected chi connectivity index (χ1v) is 14.8. The average Bonchev–Trinajstić information content (AvgIpc) is 3.12. The first-order valence-electron chi connectivity index (χ1n) is 14.8. The highest BCUT2D eigenvalue weighted by atomic mass is 15.0.